The lowest BCUT2D eigenvalue weighted by atomic mass is 9.83. The summed E-state index contributed by atoms with van der Waals surface area (Å²) >= 11 is 6.26. The average Bonchev–Trinajstić information content (AvgIpc) is 2.35. The van der Waals surface area contributed by atoms with E-state index in [1.165, 1.54) is 44.1 Å². The van der Waals surface area contributed by atoms with Crippen molar-refractivity contribution in [3.63, 3.8) is 0 Å². The van der Waals surface area contributed by atoms with Crippen molar-refractivity contribution in [3.8, 4) is 0 Å². The summed E-state index contributed by atoms with van der Waals surface area (Å²) in [6.07, 6.45) is 8.04. The van der Waals surface area contributed by atoms with Crippen LogP contribution in [0.15, 0.2) is 18.2 Å². The maximum atomic E-state index is 6.26. The molecule has 100 valence electrons. The molecule has 2 rings (SSSR count). The predicted octanol–water partition coefficient (Wildman–Crippen LogP) is 5.42. The van der Waals surface area contributed by atoms with Gasteiger partial charge in [0.05, 0.1) is 10.7 Å². The lowest BCUT2D eigenvalue weighted by molar-refractivity contribution is 0.319. The van der Waals surface area contributed by atoms with E-state index in [2.05, 4.69) is 31.3 Å². The SMILES string of the molecule is CCCC1CCC(Nc2ccc(C)cc2Cl)CC1. The van der Waals surface area contributed by atoms with Gasteiger partial charge in [-0.15, -0.1) is 0 Å². The van der Waals surface area contributed by atoms with Gasteiger partial charge in [0, 0.05) is 6.04 Å². The van der Waals surface area contributed by atoms with Crippen LogP contribution in [-0.2, 0) is 0 Å². The molecule has 1 N–H and O–H groups in total. The summed E-state index contributed by atoms with van der Waals surface area (Å²) in [5.41, 5.74) is 2.32. The van der Waals surface area contributed by atoms with E-state index in [9.17, 15) is 0 Å². The van der Waals surface area contributed by atoms with Crippen LogP contribution < -0.4 is 5.32 Å². The number of aryl methyl sites for hydroxylation is 1. The van der Waals surface area contributed by atoms with E-state index >= 15 is 0 Å². The zero-order chi connectivity index (χ0) is 13.0. The molecule has 0 saturated heterocycles. The van der Waals surface area contributed by atoms with Crippen molar-refractivity contribution >= 4 is 17.3 Å². The molecule has 1 aromatic rings. The van der Waals surface area contributed by atoms with E-state index in [1.54, 1.807) is 0 Å². The van der Waals surface area contributed by atoms with Crippen LogP contribution in [0.1, 0.15) is 51.0 Å². The summed E-state index contributed by atoms with van der Waals surface area (Å²) in [6.45, 7) is 4.36. The third-order valence-corrected chi connectivity index (χ3v) is 4.34. The van der Waals surface area contributed by atoms with Gasteiger partial charge in [-0.1, -0.05) is 37.4 Å². The number of halogens is 1. The van der Waals surface area contributed by atoms with Crippen molar-refractivity contribution in [1.82, 2.24) is 0 Å². The van der Waals surface area contributed by atoms with Gasteiger partial charge in [-0.2, -0.15) is 0 Å². The monoisotopic (exact) mass is 265 g/mol. The Morgan fingerprint density at radius 1 is 1.22 bits per heavy atom. The molecule has 0 heterocycles. The number of hydrogen-bond donors (Lipinski definition) is 1. The Balaban J connectivity index is 1.87. The Kier molecular flexibility index (Phi) is 4.94. The fourth-order valence-electron chi connectivity index (χ4n) is 2.96. The Morgan fingerprint density at radius 2 is 1.94 bits per heavy atom. The second kappa shape index (κ2) is 6.47. The van der Waals surface area contributed by atoms with Gasteiger partial charge >= 0.3 is 0 Å². The molecule has 2 heteroatoms. The molecule has 0 radical (unpaired) electrons. The second-order valence-corrected chi connectivity index (χ2v) is 6.04. The second-order valence-electron chi connectivity index (χ2n) is 5.63. The van der Waals surface area contributed by atoms with Crippen molar-refractivity contribution in [1.29, 1.82) is 0 Å². The smallest absolute Gasteiger partial charge is 0.0640 e. The molecule has 0 aromatic heterocycles. The van der Waals surface area contributed by atoms with Gasteiger partial charge < -0.3 is 5.32 Å². The minimum atomic E-state index is 0.610. The summed E-state index contributed by atoms with van der Waals surface area (Å²) < 4.78 is 0. The highest BCUT2D eigenvalue weighted by molar-refractivity contribution is 6.33. The highest BCUT2D eigenvalue weighted by atomic mass is 35.5. The lowest BCUT2D eigenvalue weighted by Crippen LogP contribution is -2.26. The van der Waals surface area contributed by atoms with Crippen molar-refractivity contribution in [2.45, 2.75) is 58.4 Å². The Hall–Kier alpha value is -0.690. The van der Waals surface area contributed by atoms with Gasteiger partial charge in [0.25, 0.3) is 0 Å². The van der Waals surface area contributed by atoms with Crippen molar-refractivity contribution in [2.24, 2.45) is 5.92 Å². The van der Waals surface area contributed by atoms with Crippen LogP contribution in [0, 0.1) is 12.8 Å². The maximum Gasteiger partial charge on any atom is 0.0640 e. The minimum absolute atomic E-state index is 0.610. The fraction of sp³-hybridized carbons (Fsp3) is 0.625. The first kappa shape index (κ1) is 13.7. The molecule has 1 aromatic carbocycles. The number of anilines is 1. The third-order valence-electron chi connectivity index (χ3n) is 4.03. The molecule has 1 aliphatic carbocycles. The standard InChI is InChI=1S/C16H24ClN/c1-3-4-13-6-8-14(9-7-13)18-16-10-5-12(2)11-15(16)17/h5,10-11,13-14,18H,3-4,6-9H2,1-2H3. The highest BCUT2D eigenvalue weighted by Gasteiger charge is 2.20. The van der Waals surface area contributed by atoms with Crippen LogP contribution in [-0.4, -0.2) is 6.04 Å². The minimum Gasteiger partial charge on any atom is -0.381 e. The highest BCUT2D eigenvalue weighted by Crippen LogP contribution is 2.31. The molecular formula is C16H24ClN. The molecule has 0 spiro atoms. The van der Waals surface area contributed by atoms with Crippen LogP contribution in [0.2, 0.25) is 5.02 Å². The van der Waals surface area contributed by atoms with Crippen LogP contribution in [0.5, 0.6) is 0 Å². The maximum absolute atomic E-state index is 6.26. The van der Waals surface area contributed by atoms with Gasteiger partial charge in [0.15, 0.2) is 0 Å². The van der Waals surface area contributed by atoms with E-state index in [0.717, 1.165) is 16.6 Å². The van der Waals surface area contributed by atoms with E-state index in [-0.39, 0.29) is 0 Å². The van der Waals surface area contributed by atoms with Crippen LogP contribution in [0.25, 0.3) is 0 Å². The Bertz CT molecular complexity index is 381. The van der Waals surface area contributed by atoms with Crippen LogP contribution in [0.4, 0.5) is 5.69 Å². The summed E-state index contributed by atoms with van der Waals surface area (Å²) in [7, 11) is 0. The molecule has 18 heavy (non-hydrogen) atoms. The molecule has 1 aliphatic rings. The number of benzene rings is 1. The van der Waals surface area contributed by atoms with Gasteiger partial charge in [0.2, 0.25) is 0 Å². The molecule has 1 nitrogen and oxygen atoms in total. The summed E-state index contributed by atoms with van der Waals surface area (Å²) in [4.78, 5) is 0. The summed E-state index contributed by atoms with van der Waals surface area (Å²) in [5.74, 6) is 0.960. The van der Waals surface area contributed by atoms with Gasteiger partial charge in [-0.25, -0.2) is 0 Å². The number of hydrogen-bond acceptors (Lipinski definition) is 1. The fourth-order valence-corrected chi connectivity index (χ4v) is 3.25. The van der Waals surface area contributed by atoms with Crippen LogP contribution in [0.3, 0.4) is 0 Å². The first-order chi connectivity index (χ1) is 8.69. The largest absolute Gasteiger partial charge is 0.381 e. The first-order valence-corrected chi connectivity index (χ1v) is 7.59. The molecular weight excluding hydrogens is 242 g/mol. The van der Waals surface area contributed by atoms with Gasteiger partial charge in [-0.05, 0) is 56.2 Å². The Morgan fingerprint density at radius 3 is 2.56 bits per heavy atom. The third kappa shape index (κ3) is 3.65. The van der Waals surface area contributed by atoms with E-state index in [4.69, 9.17) is 11.6 Å². The van der Waals surface area contributed by atoms with E-state index < -0.39 is 0 Å². The molecule has 0 amide bonds. The molecule has 0 aliphatic heterocycles. The lowest BCUT2D eigenvalue weighted by Gasteiger charge is -2.30. The molecule has 1 saturated carbocycles. The number of rotatable bonds is 4. The van der Waals surface area contributed by atoms with Crippen LogP contribution >= 0.6 is 11.6 Å². The van der Waals surface area contributed by atoms with Gasteiger partial charge in [-0.3, -0.25) is 0 Å². The van der Waals surface area contributed by atoms with Crippen molar-refractivity contribution < 1.29 is 0 Å². The van der Waals surface area contributed by atoms with E-state index in [0.29, 0.717) is 6.04 Å². The average molecular weight is 266 g/mol. The topological polar surface area (TPSA) is 12.0 Å². The molecule has 1 fully saturated rings. The van der Waals surface area contributed by atoms with Gasteiger partial charge in [0.1, 0.15) is 0 Å². The zero-order valence-electron chi connectivity index (χ0n) is 11.5. The van der Waals surface area contributed by atoms with Crippen molar-refractivity contribution in [2.75, 3.05) is 5.32 Å². The Labute approximate surface area is 116 Å². The zero-order valence-corrected chi connectivity index (χ0v) is 12.3. The summed E-state index contributed by atoms with van der Waals surface area (Å²) in [5, 5.41) is 4.46. The first-order valence-electron chi connectivity index (χ1n) is 7.21. The predicted molar refractivity (Wildman–Crippen MR) is 80.5 cm³/mol. The quantitative estimate of drug-likeness (QED) is 0.767. The molecule has 0 bridgehead atoms. The number of nitrogens with one attached hydrogen (secondary N) is 1. The molecule has 0 atom stereocenters. The summed E-state index contributed by atoms with van der Waals surface area (Å²) in [6, 6.07) is 6.87. The van der Waals surface area contributed by atoms with Crippen molar-refractivity contribution in [3.05, 3.63) is 28.8 Å². The molecule has 0 unspecified atom stereocenters. The normalized spacial score (nSPS) is 23.9. The van der Waals surface area contributed by atoms with E-state index in [1.807, 2.05) is 6.07 Å².